The van der Waals surface area contributed by atoms with E-state index in [2.05, 4.69) is 49.6 Å². The molecule has 0 unspecified atom stereocenters. The quantitative estimate of drug-likeness (QED) is 0.0170. The van der Waals surface area contributed by atoms with Crippen LogP contribution in [-0.2, 0) is 77.3 Å². The van der Waals surface area contributed by atoms with Crippen molar-refractivity contribution >= 4 is 36.0 Å². The first kappa shape index (κ1) is 74.1. The number of hydrogen-bond acceptors (Lipinski definition) is 16. The van der Waals surface area contributed by atoms with Crippen molar-refractivity contribution in [3.8, 4) is 23.0 Å². The molecule has 0 aliphatic heterocycles. The van der Waals surface area contributed by atoms with Crippen LogP contribution in [0.2, 0.25) is 0 Å². The Kier molecular flexibility index (Phi) is 26.0. The minimum Gasteiger partial charge on any atom is -0.445 e. The molecular weight excluding hydrogens is 1270 g/mol. The number of fused-ring (bicyclic) bond motifs is 12. The van der Waals surface area contributed by atoms with Gasteiger partial charge in [0.15, 0.2) is 0 Å². The molecule has 0 saturated heterocycles. The zero-order valence-corrected chi connectivity index (χ0v) is 58.8. The van der Waals surface area contributed by atoms with Gasteiger partial charge >= 0.3 is 30.3 Å². The molecule has 0 radical (unpaired) electrons. The van der Waals surface area contributed by atoms with Crippen LogP contribution in [0.15, 0.2) is 140 Å². The van der Waals surface area contributed by atoms with Crippen molar-refractivity contribution < 1.29 is 66.8 Å². The van der Waals surface area contributed by atoms with E-state index in [0.717, 1.165) is 93.7 Å². The topological polar surface area (TPSA) is 252 Å². The number of nitro groups is 1. The van der Waals surface area contributed by atoms with E-state index in [-0.39, 0.29) is 83.0 Å². The highest BCUT2D eigenvalue weighted by Crippen LogP contribution is 2.50. The molecule has 3 fully saturated rings. The molecule has 534 valence electrons. The lowest BCUT2D eigenvalue weighted by atomic mass is 9.59. The average Bonchev–Trinajstić information content (AvgIpc) is 0.758. The number of nitro benzene ring substituents is 1. The highest BCUT2D eigenvalue weighted by atomic mass is 16.7. The number of hydrogen-bond donors (Lipinski definition) is 3. The number of ether oxygens (including phenoxy) is 8. The number of methoxy groups -OCH3 is 2. The number of amides is 2. The predicted octanol–water partition coefficient (Wildman–Crippen LogP) is 16.3. The molecule has 0 heterocycles. The fourth-order valence-corrected chi connectivity index (χ4v) is 16.5. The predicted molar refractivity (Wildman–Crippen MR) is 381 cm³/mol. The highest BCUT2D eigenvalue weighted by Gasteiger charge is 2.49. The number of nitrogens with one attached hydrogen (secondary N) is 2. The van der Waals surface area contributed by atoms with Crippen LogP contribution >= 0.6 is 0 Å². The van der Waals surface area contributed by atoms with Crippen LogP contribution < -0.4 is 35.3 Å². The number of carbonyl (C=O) groups excluding carboxylic acids is 5. The van der Waals surface area contributed by atoms with E-state index >= 15 is 0 Å². The van der Waals surface area contributed by atoms with Gasteiger partial charge in [-0.2, -0.15) is 0 Å². The number of nitrogens with zero attached hydrogens (tertiary/aromatic N) is 1. The molecule has 4 N–H and O–H groups in total. The van der Waals surface area contributed by atoms with Gasteiger partial charge in [0.25, 0.3) is 5.69 Å². The van der Waals surface area contributed by atoms with Gasteiger partial charge in [-0.3, -0.25) is 19.7 Å². The van der Waals surface area contributed by atoms with Crippen molar-refractivity contribution in [3.05, 3.63) is 194 Å². The third kappa shape index (κ3) is 19.0. The summed E-state index contributed by atoms with van der Waals surface area (Å²) in [4.78, 5) is 73.0. The monoisotopic (exact) mass is 1370 g/mol. The van der Waals surface area contributed by atoms with Crippen molar-refractivity contribution in [1.82, 2.24) is 10.6 Å². The maximum absolute atomic E-state index is 13.0. The number of nitrogens with two attached hydrogens (primary N) is 1. The van der Waals surface area contributed by atoms with Gasteiger partial charge < -0.3 is 54.3 Å². The number of non-ortho nitro benzene ring substituents is 1. The second kappa shape index (κ2) is 35.1. The summed E-state index contributed by atoms with van der Waals surface area (Å²) in [5, 5.41) is 17.3. The summed E-state index contributed by atoms with van der Waals surface area (Å²) in [6.07, 6.45) is 19.8. The second-order valence-corrected chi connectivity index (χ2v) is 28.6. The van der Waals surface area contributed by atoms with Crippen LogP contribution in [0.5, 0.6) is 23.0 Å². The highest BCUT2D eigenvalue weighted by molar-refractivity contribution is 5.74. The Morgan fingerprint density at radius 2 is 0.860 bits per heavy atom. The fourth-order valence-electron chi connectivity index (χ4n) is 16.5. The smallest absolute Gasteiger partial charge is 0.445 e. The maximum Gasteiger partial charge on any atom is 0.519 e. The molecule has 6 aliphatic rings. The van der Waals surface area contributed by atoms with Gasteiger partial charge in [0.1, 0.15) is 36.2 Å². The van der Waals surface area contributed by atoms with Crippen LogP contribution in [-0.4, -0.2) is 80.8 Å². The molecule has 6 bridgehead atoms. The van der Waals surface area contributed by atoms with Crippen LogP contribution in [0.3, 0.4) is 0 Å². The van der Waals surface area contributed by atoms with Gasteiger partial charge in [-0.15, -0.1) is 0 Å². The maximum atomic E-state index is 13.0. The van der Waals surface area contributed by atoms with E-state index in [0.29, 0.717) is 68.0 Å². The SMILES string of the molecule is COCCCC(=O)Oc1ccc2c(c1)[C@@]1(C)CCCCC[C@@H](C2)[C@@H]1N.COCCCC(=O)Oc1ccc2c(c1)[C@@]1(C)CCCCC[C@@H](C2)[C@@H]1NC(=O)OCc1ccccc1.C[C@@]12CCCCC[C@@H](Cc3ccc(OC(=O)Oc4ccc([N+](=O)[O-])cc4)cc31)[C@@H]2NC(=O)OCc1ccccc1. The van der Waals surface area contributed by atoms with Crippen molar-refractivity contribution in [2.24, 2.45) is 23.5 Å². The first-order chi connectivity index (χ1) is 48.3. The molecule has 9 atom stereocenters. The summed E-state index contributed by atoms with van der Waals surface area (Å²) in [5.74, 6) is 2.42. The lowest BCUT2D eigenvalue weighted by Crippen LogP contribution is -2.57. The third-order valence-corrected chi connectivity index (χ3v) is 21.8. The van der Waals surface area contributed by atoms with Gasteiger partial charge in [-0.1, -0.05) is 157 Å². The molecule has 6 aromatic carbocycles. The van der Waals surface area contributed by atoms with Gasteiger partial charge in [-0.25, -0.2) is 14.4 Å². The van der Waals surface area contributed by atoms with Gasteiger partial charge in [0, 0.05) is 86.8 Å². The number of esters is 2. The molecule has 0 spiro atoms. The Morgan fingerprint density at radius 3 is 1.29 bits per heavy atom. The molecular formula is C81H100N4O15. The van der Waals surface area contributed by atoms with E-state index in [1.165, 1.54) is 90.6 Å². The van der Waals surface area contributed by atoms with Gasteiger partial charge in [0.05, 0.1) is 4.92 Å². The lowest BCUT2D eigenvalue weighted by Gasteiger charge is -2.49. The van der Waals surface area contributed by atoms with Crippen LogP contribution in [0.4, 0.5) is 20.1 Å². The molecule has 3 saturated carbocycles. The number of benzene rings is 6. The first-order valence-electron chi connectivity index (χ1n) is 36.0. The summed E-state index contributed by atoms with van der Waals surface area (Å²) in [6.45, 7) is 8.28. The largest absolute Gasteiger partial charge is 0.519 e. The van der Waals surface area contributed by atoms with Crippen LogP contribution in [0.25, 0.3) is 0 Å². The molecule has 19 nitrogen and oxygen atoms in total. The summed E-state index contributed by atoms with van der Waals surface area (Å²) >= 11 is 0. The summed E-state index contributed by atoms with van der Waals surface area (Å²) in [6, 6.07) is 42.3. The van der Waals surface area contributed by atoms with Gasteiger partial charge in [-0.05, 0) is 181 Å². The van der Waals surface area contributed by atoms with E-state index in [9.17, 15) is 34.1 Å². The second-order valence-electron chi connectivity index (χ2n) is 28.6. The minimum atomic E-state index is -0.940. The Balaban J connectivity index is 0.000000166. The molecule has 100 heavy (non-hydrogen) atoms. The molecule has 2 amide bonds. The zero-order valence-electron chi connectivity index (χ0n) is 58.8. The Morgan fingerprint density at radius 1 is 0.480 bits per heavy atom. The van der Waals surface area contributed by atoms with Crippen LogP contribution in [0, 0.1) is 27.9 Å². The lowest BCUT2D eigenvalue weighted by molar-refractivity contribution is -0.384. The van der Waals surface area contributed by atoms with E-state index < -0.39 is 17.2 Å². The summed E-state index contributed by atoms with van der Waals surface area (Å²) in [7, 11) is 3.26. The summed E-state index contributed by atoms with van der Waals surface area (Å²) < 4.78 is 43.1. The Labute approximate surface area is 588 Å². The zero-order chi connectivity index (χ0) is 70.7. The van der Waals surface area contributed by atoms with Crippen molar-refractivity contribution in [2.75, 3.05) is 27.4 Å². The summed E-state index contributed by atoms with van der Waals surface area (Å²) in [5.41, 5.74) is 15.2. The van der Waals surface area contributed by atoms with Crippen molar-refractivity contribution in [3.63, 3.8) is 0 Å². The van der Waals surface area contributed by atoms with E-state index in [4.69, 9.17) is 43.6 Å². The molecule has 19 heteroatoms. The number of carbonyl (C=O) groups is 5. The average molecular weight is 1370 g/mol. The van der Waals surface area contributed by atoms with Crippen LogP contribution in [0.1, 0.15) is 187 Å². The molecule has 0 aromatic heterocycles. The minimum absolute atomic E-state index is 0.0167. The van der Waals surface area contributed by atoms with Gasteiger partial charge in [0.2, 0.25) is 0 Å². The fraction of sp³-hybridized carbons (Fsp3) is 0.494. The third-order valence-electron chi connectivity index (χ3n) is 21.8. The molecule has 12 rings (SSSR count). The van der Waals surface area contributed by atoms with E-state index in [1.807, 2.05) is 91.0 Å². The van der Waals surface area contributed by atoms with E-state index in [1.54, 1.807) is 20.3 Å². The van der Waals surface area contributed by atoms with Crippen molar-refractivity contribution in [1.29, 1.82) is 0 Å². The normalized spacial score (nSPS) is 24.0. The Bertz CT molecular complexity index is 3740. The molecule has 6 aliphatic carbocycles. The van der Waals surface area contributed by atoms with Crippen molar-refractivity contribution in [2.45, 2.75) is 210 Å². The number of rotatable bonds is 19. The number of alkyl carbamates (subject to hydrolysis) is 2. The standard InChI is InChI=1S/C31H32N2O7.C29H37NO5.C21H31NO3/c1-31-17-7-3-6-10-23(28(31)32-29(34)38-20-21-8-4-2-5-9-21)18-22-11-14-26(19-27(22)31)40-30(35)39-25-15-12-24(13-16-25)33(36)37;1-29-16-8-4-7-12-23(27(29)30-28(32)34-20-21-10-5-3-6-11-21)18-22-14-15-24(19-25(22)29)35-26(31)13-9-17-33-2;1-21-11-5-3-4-7-16(20(21)22)13-15-9-10-17(14-18(15)21)25-19(23)8-6-12-24-2/h2,4-5,8-9,11-16,19,23,28H,3,6-7,10,17-18,20H2,1H3,(H,32,34);3,5-6,10-11,14-15,19,23,27H,4,7-9,12-13,16-18,20H2,1-2H3,(H,30,32);9-10,14,16,20H,3-8,11-13,22H2,1-2H3/t23-,28-,31+;23-,27-,29+;16-,20-,21+/m000/s1. The first-order valence-corrected chi connectivity index (χ1v) is 36.0. The molecule has 6 aromatic rings. The Hall–Kier alpha value is -8.65.